The second-order valence-electron chi connectivity index (χ2n) is 6.11. The lowest BCUT2D eigenvalue weighted by Gasteiger charge is -2.32. The van der Waals surface area contributed by atoms with Crippen molar-refractivity contribution in [2.45, 2.75) is 31.3 Å². The van der Waals surface area contributed by atoms with Crippen LogP contribution in [0.25, 0.3) is 0 Å². The molecule has 1 aliphatic carbocycles. The van der Waals surface area contributed by atoms with E-state index in [0.29, 0.717) is 28.5 Å². The summed E-state index contributed by atoms with van der Waals surface area (Å²) >= 11 is 12.3. The van der Waals surface area contributed by atoms with Crippen LogP contribution in [0.15, 0.2) is 36.4 Å². The van der Waals surface area contributed by atoms with Crippen LogP contribution < -0.4 is 10.6 Å². The SMILES string of the molecule is CNC1CCC(c2ccc(Cl)c(Cl)c2)c2ccc(CNC=O)cc21.Cl. The van der Waals surface area contributed by atoms with Gasteiger partial charge in [0, 0.05) is 18.5 Å². The zero-order chi connectivity index (χ0) is 17.1. The Bertz CT molecular complexity index is 751. The van der Waals surface area contributed by atoms with Gasteiger partial charge < -0.3 is 10.6 Å². The second-order valence-corrected chi connectivity index (χ2v) is 6.92. The fraction of sp³-hybridized carbons (Fsp3) is 0.316. The van der Waals surface area contributed by atoms with Gasteiger partial charge >= 0.3 is 0 Å². The van der Waals surface area contributed by atoms with Crippen molar-refractivity contribution in [3.63, 3.8) is 0 Å². The maximum absolute atomic E-state index is 10.5. The first kappa shape index (κ1) is 20.1. The van der Waals surface area contributed by atoms with Crippen molar-refractivity contribution >= 4 is 42.0 Å². The largest absolute Gasteiger partial charge is 0.355 e. The van der Waals surface area contributed by atoms with Gasteiger partial charge in [0.25, 0.3) is 0 Å². The van der Waals surface area contributed by atoms with Crippen LogP contribution in [0.4, 0.5) is 0 Å². The lowest BCUT2D eigenvalue weighted by Crippen LogP contribution is -2.25. The van der Waals surface area contributed by atoms with Gasteiger partial charge in [0.2, 0.25) is 6.41 Å². The minimum absolute atomic E-state index is 0. The molecule has 0 aromatic heterocycles. The normalized spacial score (nSPS) is 18.8. The fourth-order valence-electron chi connectivity index (χ4n) is 3.53. The Labute approximate surface area is 164 Å². The molecule has 25 heavy (non-hydrogen) atoms. The van der Waals surface area contributed by atoms with Gasteiger partial charge in [-0.3, -0.25) is 4.79 Å². The van der Waals surface area contributed by atoms with E-state index in [1.807, 2.05) is 19.2 Å². The van der Waals surface area contributed by atoms with E-state index >= 15 is 0 Å². The summed E-state index contributed by atoms with van der Waals surface area (Å²) < 4.78 is 0. The summed E-state index contributed by atoms with van der Waals surface area (Å²) in [5.41, 5.74) is 4.91. The van der Waals surface area contributed by atoms with E-state index in [1.165, 1.54) is 16.7 Å². The van der Waals surface area contributed by atoms with Gasteiger partial charge in [0.15, 0.2) is 0 Å². The summed E-state index contributed by atoms with van der Waals surface area (Å²) in [4.78, 5) is 10.5. The van der Waals surface area contributed by atoms with E-state index in [2.05, 4.69) is 34.9 Å². The summed E-state index contributed by atoms with van der Waals surface area (Å²) in [7, 11) is 1.99. The predicted octanol–water partition coefficient (Wildman–Crippen LogP) is 4.85. The molecule has 2 aromatic rings. The zero-order valence-electron chi connectivity index (χ0n) is 13.9. The molecular formula is C19H21Cl3N2O. The molecule has 2 unspecified atom stereocenters. The standard InChI is InChI=1S/C19H20Cl2N2O.ClH/c1-22-19-7-5-14(13-3-6-17(20)18(21)9-13)15-4-2-12(8-16(15)19)10-23-11-24;/h2-4,6,8-9,11,14,19,22H,5,7,10H2,1H3,(H,23,24);1H. The van der Waals surface area contributed by atoms with Crippen LogP contribution in [0.1, 0.15) is 47.1 Å². The molecule has 2 aromatic carbocycles. The molecule has 0 fully saturated rings. The lowest BCUT2D eigenvalue weighted by atomic mass is 9.76. The average molecular weight is 400 g/mol. The van der Waals surface area contributed by atoms with Crippen molar-refractivity contribution in [3.8, 4) is 0 Å². The van der Waals surface area contributed by atoms with Crippen molar-refractivity contribution in [2.24, 2.45) is 0 Å². The molecule has 3 nitrogen and oxygen atoms in total. The van der Waals surface area contributed by atoms with Gasteiger partial charge in [-0.25, -0.2) is 0 Å². The molecule has 0 radical (unpaired) electrons. The minimum Gasteiger partial charge on any atom is -0.355 e. The Morgan fingerprint density at radius 3 is 2.56 bits per heavy atom. The highest BCUT2D eigenvalue weighted by Gasteiger charge is 2.28. The number of hydrogen-bond acceptors (Lipinski definition) is 2. The lowest BCUT2D eigenvalue weighted by molar-refractivity contribution is -0.109. The summed E-state index contributed by atoms with van der Waals surface area (Å²) in [6.45, 7) is 0.546. The second kappa shape index (κ2) is 8.91. The van der Waals surface area contributed by atoms with Crippen molar-refractivity contribution < 1.29 is 4.79 Å². The molecule has 0 spiro atoms. The van der Waals surface area contributed by atoms with Crippen LogP contribution in [-0.2, 0) is 11.3 Å². The molecule has 1 aliphatic rings. The van der Waals surface area contributed by atoms with Crippen molar-refractivity contribution in [1.82, 2.24) is 10.6 Å². The molecule has 3 rings (SSSR count). The van der Waals surface area contributed by atoms with Crippen molar-refractivity contribution in [1.29, 1.82) is 0 Å². The molecule has 0 heterocycles. The van der Waals surface area contributed by atoms with E-state index in [4.69, 9.17) is 23.2 Å². The number of carbonyl (C=O) groups is 1. The number of hydrogen-bond donors (Lipinski definition) is 2. The smallest absolute Gasteiger partial charge is 0.207 e. The Balaban J connectivity index is 0.00000225. The summed E-state index contributed by atoms with van der Waals surface area (Å²) in [6.07, 6.45) is 2.84. The first-order valence-corrected chi connectivity index (χ1v) is 8.81. The molecule has 2 N–H and O–H groups in total. The number of halogens is 3. The van der Waals surface area contributed by atoms with Crippen LogP contribution in [0.5, 0.6) is 0 Å². The molecule has 0 saturated heterocycles. The number of benzene rings is 2. The van der Waals surface area contributed by atoms with E-state index in [-0.39, 0.29) is 12.4 Å². The van der Waals surface area contributed by atoms with E-state index < -0.39 is 0 Å². The highest BCUT2D eigenvalue weighted by Crippen LogP contribution is 2.42. The van der Waals surface area contributed by atoms with Crippen LogP contribution in [0.3, 0.4) is 0 Å². The van der Waals surface area contributed by atoms with Gasteiger partial charge in [-0.15, -0.1) is 12.4 Å². The monoisotopic (exact) mass is 398 g/mol. The van der Waals surface area contributed by atoms with Crippen LogP contribution in [0.2, 0.25) is 10.0 Å². The topological polar surface area (TPSA) is 41.1 Å². The molecule has 0 saturated carbocycles. The third-order valence-corrected chi connectivity index (χ3v) is 5.47. The Morgan fingerprint density at radius 1 is 1.08 bits per heavy atom. The fourth-order valence-corrected chi connectivity index (χ4v) is 3.84. The van der Waals surface area contributed by atoms with E-state index in [9.17, 15) is 4.79 Å². The molecule has 0 bridgehead atoms. The van der Waals surface area contributed by atoms with Crippen LogP contribution in [-0.4, -0.2) is 13.5 Å². The number of amides is 1. The van der Waals surface area contributed by atoms with E-state index in [1.54, 1.807) is 0 Å². The highest BCUT2D eigenvalue weighted by molar-refractivity contribution is 6.42. The quantitative estimate of drug-likeness (QED) is 0.706. The minimum atomic E-state index is 0. The maximum Gasteiger partial charge on any atom is 0.207 e. The molecule has 134 valence electrons. The molecule has 1 amide bonds. The maximum atomic E-state index is 10.5. The summed E-state index contributed by atoms with van der Waals surface area (Å²) in [6, 6.07) is 12.7. The van der Waals surface area contributed by atoms with Crippen molar-refractivity contribution in [3.05, 3.63) is 68.7 Å². The summed E-state index contributed by atoms with van der Waals surface area (Å²) in [5, 5.41) is 7.31. The number of rotatable bonds is 5. The van der Waals surface area contributed by atoms with Gasteiger partial charge in [0.05, 0.1) is 10.0 Å². The Hall–Kier alpha value is -1.26. The number of fused-ring (bicyclic) bond motifs is 1. The van der Waals surface area contributed by atoms with Crippen molar-refractivity contribution in [2.75, 3.05) is 7.05 Å². The first-order chi connectivity index (χ1) is 11.6. The Morgan fingerprint density at radius 2 is 1.88 bits per heavy atom. The van der Waals surface area contributed by atoms with Crippen LogP contribution >= 0.6 is 35.6 Å². The van der Waals surface area contributed by atoms with E-state index in [0.717, 1.165) is 24.8 Å². The first-order valence-electron chi connectivity index (χ1n) is 8.06. The molecule has 2 atom stereocenters. The van der Waals surface area contributed by atoms with Gasteiger partial charge in [-0.05, 0) is 54.3 Å². The predicted molar refractivity (Wildman–Crippen MR) is 106 cm³/mol. The van der Waals surface area contributed by atoms with Gasteiger partial charge in [0.1, 0.15) is 0 Å². The molecular weight excluding hydrogens is 379 g/mol. The molecule has 0 aliphatic heterocycles. The Kier molecular flexibility index (Phi) is 7.14. The number of carbonyl (C=O) groups excluding carboxylic acids is 1. The highest BCUT2D eigenvalue weighted by atomic mass is 35.5. The number of nitrogens with one attached hydrogen (secondary N) is 2. The summed E-state index contributed by atoms with van der Waals surface area (Å²) in [5.74, 6) is 0.312. The van der Waals surface area contributed by atoms with Gasteiger partial charge in [-0.1, -0.05) is 47.5 Å². The zero-order valence-corrected chi connectivity index (χ0v) is 16.2. The third-order valence-electron chi connectivity index (χ3n) is 4.73. The van der Waals surface area contributed by atoms with Crippen LogP contribution in [0, 0.1) is 0 Å². The molecule has 6 heteroatoms. The third kappa shape index (κ3) is 4.29. The average Bonchev–Trinajstić information content (AvgIpc) is 2.61. The van der Waals surface area contributed by atoms with Gasteiger partial charge in [-0.2, -0.15) is 0 Å².